The Labute approximate surface area is 123 Å². The summed E-state index contributed by atoms with van der Waals surface area (Å²) in [6.07, 6.45) is 0. The number of methoxy groups -OCH3 is 1. The number of nitro groups is 1. The normalized spacial score (nSPS) is 9.91. The van der Waals surface area contributed by atoms with Crippen LogP contribution in [0, 0.1) is 33.1 Å². The Kier molecular flexibility index (Phi) is 4.18. The highest BCUT2D eigenvalue weighted by molar-refractivity contribution is 5.51. The molecule has 8 heteroatoms. The van der Waals surface area contributed by atoms with Gasteiger partial charge in [0, 0.05) is 12.1 Å². The molecule has 0 bridgehead atoms. The van der Waals surface area contributed by atoms with Gasteiger partial charge in [-0.25, -0.2) is 4.39 Å². The average molecular weight is 306 g/mol. The smallest absolute Gasteiger partial charge is 0.314 e. The molecule has 2 aromatic carbocycles. The molecule has 0 heterocycles. The van der Waals surface area contributed by atoms with Crippen LogP contribution >= 0.6 is 0 Å². The number of ether oxygens (including phenoxy) is 2. The van der Waals surface area contributed by atoms with E-state index in [0.717, 1.165) is 6.07 Å². The van der Waals surface area contributed by atoms with Crippen molar-refractivity contribution in [2.24, 2.45) is 0 Å². The molecule has 0 aliphatic heterocycles. The first-order chi connectivity index (χ1) is 10.5. The lowest BCUT2D eigenvalue weighted by atomic mass is 10.2. The molecule has 0 spiro atoms. The second kappa shape index (κ2) is 6.05. The highest BCUT2D eigenvalue weighted by Crippen LogP contribution is 2.36. The summed E-state index contributed by atoms with van der Waals surface area (Å²) in [4.78, 5) is 9.98. The lowest BCUT2D eigenvalue weighted by Gasteiger charge is -2.09. The second-order valence-corrected chi connectivity index (χ2v) is 4.08. The Morgan fingerprint density at radius 1 is 1.23 bits per heavy atom. The van der Waals surface area contributed by atoms with Crippen LogP contribution in [-0.2, 0) is 0 Å². The van der Waals surface area contributed by atoms with Gasteiger partial charge in [0.1, 0.15) is 11.5 Å². The van der Waals surface area contributed by atoms with E-state index in [-0.39, 0.29) is 17.1 Å². The van der Waals surface area contributed by atoms with Crippen LogP contribution in [0.2, 0.25) is 0 Å². The maximum atomic E-state index is 13.8. The molecule has 0 aliphatic rings. The topological polar surface area (TPSA) is 85.4 Å². The van der Waals surface area contributed by atoms with E-state index in [9.17, 15) is 18.9 Å². The number of halogens is 2. The standard InChI is InChI=1S/C14H8F2N2O4/c1-21-9-4-8(7-17)5-10(6-9)22-14-12(18(19)20)3-2-11(15)13(14)16/h2-6H,1H3. The highest BCUT2D eigenvalue weighted by atomic mass is 19.2. The van der Waals surface area contributed by atoms with Gasteiger partial charge in [0.25, 0.3) is 0 Å². The summed E-state index contributed by atoms with van der Waals surface area (Å²) < 4.78 is 37.0. The monoisotopic (exact) mass is 306 g/mol. The summed E-state index contributed by atoms with van der Waals surface area (Å²) in [5.74, 6) is -3.52. The zero-order valence-corrected chi connectivity index (χ0v) is 11.2. The fourth-order valence-electron chi connectivity index (χ4n) is 1.69. The molecule has 0 aliphatic carbocycles. The van der Waals surface area contributed by atoms with Crippen LogP contribution in [0.25, 0.3) is 0 Å². The summed E-state index contributed by atoms with van der Waals surface area (Å²) in [7, 11) is 1.34. The number of nitro benzene ring substituents is 1. The van der Waals surface area contributed by atoms with Crippen molar-refractivity contribution in [3.63, 3.8) is 0 Å². The van der Waals surface area contributed by atoms with E-state index in [1.165, 1.54) is 25.3 Å². The van der Waals surface area contributed by atoms with E-state index in [4.69, 9.17) is 14.7 Å². The number of hydrogen-bond acceptors (Lipinski definition) is 5. The molecule has 22 heavy (non-hydrogen) atoms. The summed E-state index contributed by atoms with van der Waals surface area (Å²) in [6, 6.07) is 7.15. The second-order valence-electron chi connectivity index (χ2n) is 4.08. The number of rotatable bonds is 4. The van der Waals surface area contributed by atoms with E-state index in [2.05, 4.69) is 0 Å². The third-order valence-corrected chi connectivity index (χ3v) is 2.69. The van der Waals surface area contributed by atoms with Gasteiger partial charge < -0.3 is 9.47 Å². The number of nitriles is 1. The SMILES string of the molecule is COc1cc(C#N)cc(Oc2c([N+](=O)[O-])ccc(F)c2F)c1. The van der Waals surface area contributed by atoms with Gasteiger partial charge in [-0.2, -0.15) is 9.65 Å². The molecule has 0 radical (unpaired) electrons. The Morgan fingerprint density at radius 3 is 2.50 bits per heavy atom. The maximum absolute atomic E-state index is 13.8. The molecule has 0 atom stereocenters. The van der Waals surface area contributed by atoms with Gasteiger partial charge in [0.05, 0.1) is 23.7 Å². The first-order valence-corrected chi connectivity index (χ1v) is 5.85. The zero-order valence-electron chi connectivity index (χ0n) is 11.2. The number of nitrogens with zero attached hydrogens (tertiary/aromatic N) is 2. The van der Waals surface area contributed by atoms with Crippen molar-refractivity contribution in [3.05, 3.63) is 57.6 Å². The first-order valence-electron chi connectivity index (χ1n) is 5.85. The largest absolute Gasteiger partial charge is 0.497 e. The van der Waals surface area contributed by atoms with Crippen LogP contribution in [0.4, 0.5) is 14.5 Å². The van der Waals surface area contributed by atoms with E-state index >= 15 is 0 Å². The average Bonchev–Trinajstić information content (AvgIpc) is 2.51. The van der Waals surface area contributed by atoms with Gasteiger partial charge in [-0.3, -0.25) is 10.1 Å². The van der Waals surface area contributed by atoms with Crippen molar-refractivity contribution in [2.45, 2.75) is 0 Å². The fraction of sp³-hybridized carbons (Fsp3) is 0.0714. The van der Waals surface area contributed by atoms with Crippen molar-refractivity contribution in [1.29, 1.82) is 5.26 Å². The minimum atomic E-state index is -1.49. The van der Waals surface area contributed by atoms with Crippen molar-refractivity contribution >= 4 is 5.69 Å². The minimum Gasteiger partial charge on any atom is -0.497 e. The Bertz CT molecular complexity index is 787. The van der Waals surface area contributed by atoms with Crippen LogP contribution in [0.3, 0.4) is 0 Å². The van der Waals surface area contributed by atoms with Crippen LogP contribution in [0.15, 0.2) is 30.3 Å². The predicted octanol–water partition coefficient (Wildman–Crippen LogP) is 3.55. The third-order valence-electron chi connectivity index (χ3n) is 2.69. The van der Waals surface area contributed by atoms with Gasteiger partial charge in [-0.05, 0) is 18.2 Å². The van der Waals surface area contributed by atoms with Crippen molar-refractivity contribution in [3.8, 4) is 23.3 Å². The van der Waals surface area contributed by atoms with Crippen LogP contribution in [0.1, 0.15) is 5.56 Å². The number of benzene rings is 2. The maximum Gasteiger partial charge on any atom is 0.314 e. The van der Waals surface area contributed by atoms with Gasteiger partial charge in [0.2, 0.25) is 11.6 Å². The summed E-state index contributed by atoms with van der Waals surface area (Å²) in [6.45, 7) is 0. The van der Waals surface area contributed by atoms with Crippen LogP contribution in [0.5, 0.6) is 17.2 Å². The van der Waals surface area contributed by atoms with Gasteiger partial charge in [0.15, 0.2) is 5.82 Å². The van der Waals surface area contributed by atoms with Crippen molar-refractivity contribution < 1.29 is 23.2 Å². The molecule has 0 amide bonds. The van der Waals surface area contributed by atoms with E-state index in [1.807, 2.05) is 6.07 Å². The van der Waals surface area contributed by atoms with Crippen molar-refractivity contribution in [1.82, 2.24) is 0 Å². The Balaban J connectivity index is 2.54. The van der Waals surface area contributed by atoms with Crippen LogP contribution < -0.4 is 9.47 Å². The number of hydrogen-bond donors (Lipinski definition) is 0. The summed E-state index contributed by atoms with van der Waals surface area (Å²) >= 11 is 0. The molecular weight excluding hydrogens is 298 g/mol. The van der Waals surface area contributed by atoms with E-state index in [1.54, 1.807) is 0 Å². The van der Waals surface area contributed by atoms with E-state index in [0.29, 0.717) is 6.07 Å². The fourth-order valence-corrected chi connectivity index (χ4v) is 1.69. The molecular formula is C14H8F2N2O4. The molecule has 0 saturated heterocycles. The molecule has 112 valence electrons. The molecule has 0 saturated carbocycles. The molecule has 2 aromatic rings. The predicted molar refractivity (Wildman–Crippen MR) is 70.8 cm³/mol. The summed E-state index contributed by atoms with van der Waals surface area (Å²) in [5.41, 5.74) is -0.603. The molecule has 0 unspecified atom stereocenters. The van der Waals surface area contributed by atoms with Gasteiger partial charge in [-0.15, -0.1) is 0 Å². The summed E-state index contributed by atoms with van der Waals surface area (Å²) in [5, 5.41) is 19.8. The first kappa shape index (κ1) is 15.2. The molecule has 0 N–H and O–H groups in total. The quantitative estimate of drug-likeness (QED) is 0.637. The Morgan fingerprint density at radius 2 is 1.91 bits per heavy atom. The molecule has 2 rings (SSSR count). The lowest BCUT2D eigenvalue weighted by Crippen LogP contribution is -1.99. The Hall–Kier alpha value is -3.21. The van der Waals surface area contributed by atoms with Crippen LogP contribution in [-0.4, -0.2) is 12.0 Å². The highest BCUT2D eigenvalue weighted by Gasteiger charge is 2.24. The molecule has 6 nitrogen and oxygen atoms in total. The lowest BCUT2D eigenvalue weighted by molar-refractivity contribution is -0.385. The molecule has 0 fully saturated rings. The van der Waals surface area contributed by atoms with Crippen molar-refractivity contribution in [2.75, 3.05) is 7.11 Å². The third kappa shape index (κ3) is 2.93. The minimum absolute atomic E-state index is 0.0940. The van der Waals surface area contributed by atoms with Gasteiger partial charge >= 0.3 is 5.69 Å². The van der Waals surface area contributed by atoms with Gasteiger partial charge in [-0.1, -0.05) is 0 Å². The van der Waals surface area contributed by atoms with E-state index < -0.39 is 28.0 Å². The molecule has 0 aromatic heterocycles. The zero-order chi connectivity index (χ0) is 16.3.